The number of amides is 1. The maximum Gasteiger partial charge on any atom is 0.257 e. The first-order valence-corrected chi connectivity index (χ1v) is 9.06. The molecule has 0 spiro atoms. The molecule has 0 radical (unpaired) electrons. The molecule has 3 rings (SSSR count). The molecule has 0 bridgehead atoms. The molecule has 0 heterocycles. The Hall–Kier alpha value is -2.70. The Labute approximate surface area is 165 Å². The Morgan fingerprint density at radius 2 is 1.58 bits per heavy atom. The monoisotopic (exact) mass is 425 g/mol. The summed E-state index contributed by atoms with van der Waals surface area (Å²) < 4.78 is 0.765. The van der Waals surface area contributed by atoms with Crippen LogP contribution in [-0.4, -0.2) is 11.0 Å². The maximum absolute atomic E-state index is 12.4. The minimum absolute atomic E-state index is 0.215. The van der Waals surface area contributed by atoms with Crippen molar-refractivity contribution in [1.82, 2.24) is 5.32 Å². The van der Waals surface area contributed by atoms with E-state index >= 15 is 0 Å². The van der Waals surface area contributed by atoms with Crippen molar-refractivity contribution in [1.29, 1.82) is 0 Å². The number of nitrogens with one attached hydrogen (secondary N) is 2. The highest BCUT2D eigenvalue weighted by Crippen LogP contribution is 2.24. The van der Waals surface area contributed by atoms with Crippen LogP contribution >= 0.6 is 28.1 Å². The number of nitrogen functional groups attached to an aromatic ring is 1. The van der Waals surface area contributed by atoms with Gasteiger partial charge in [-0.1, -0.05) is 42.5 Å². The van der Waals surface area contributed by atoms with E-state index in [0.717, 1.165) is 21.3 Å². The number of carbonyl (C=O) groups is 1. The highest BCUT2D eigenvalue weighted by molar-refractivity contribution is 9.10. The second-order valence-corrected chi connectivity index (χ2v) is 6.85. The number of halogens is 1. The van der Waals surface area contributed by atoms with Gasteiger partial charge in [-0.25, -0.2) is 0 Å². The minimum Gasteiger partial charge on any atom is -0.399 e. The Kier molecular flexibility index (Phi) is 5.65. The first-order chi connectivity index (χ1) is 12.5. The lowest BCUT2D eigenvalue weighted by molar-refractivity contribution is 0.0978. The van der Waals surface area contributed by atoms with Gasteiger partial charge < -0.3 is 11.1 Å². The topological polar surface area (TPSA) is 67.2 Å². The molecule has 3 aromatic rings. The zero-order valence-electron chi connectivity index (χ0n) is 13.7. The summed E-state index contributed by atoms with van der Waals surface area (Å²) in [5, 5.41) is 5.86. The Balaban J connectivity index is 1.65. The van der Waals surface area contributed by atoms with Crippen molar-refractivity contribution in [2.75, 3.05) is 11.1 Å². The summed E-state index contributed by atoms with van der Waals surface area (Å²) in [5.41, 5.74) is 9.75. The number of rotatable bonds is 3. The van der Waals surface area contributed by atoms with Gasteiger partial charge in [0.15, 0.2) is 5.11 Å². The smallest absolute Gasteiger partial charge is 0.257 e. The van der Waals surface area contributed by atoms with Gasteiger partial charge in [-0.15, -0.1) is 0 Å². The molecule has 0 aromatic heterocycles. The van der Waals surface area contributed by atoms with Crippen LogP contribution in [0.3, 0.4) is 0 Å². The molecule has 0 aliphatic heterocycles. The summed E-state index contributed by atoms with van der Waals surface area (Å²) >= 11 is 8.61. The molecule has 4 nitrogen and oxygen atoms in total. The molecule has 0 saturated carbocycles. The van der Waals surface area contributed by atoms with Crippen molar-refractivity contribution in [3.05, 3.63) is 82.8 Å². The van der Waals surface area contributed by atoms with E-state index < -0.39 is 0 Å². The van der Waals surface area contributed by atoms with Gasteiger partial charge in [0, 0.05) is 15.7 Å². The number of benzene rings is 3. The molecule has 4 N–H and O–H groups in total. The van der Waals surface area contributed by atoms with Crippen LogP contribution in [0, 0.1) is 0 Å². The van der Waals surface area contributed by atoms with Crippen molar-refractivity contribution in [3.8, 4) is 11.1 Å². The summed E-state index contributed by atoms with van der Waals surface area (Å²) in [4.78, 5) is 12.4. The molecular formula is C20H16BrN3OS. The van der Waals surface area contributed by atoms with E-state index in [4.69, 9.17) is 18.0 Å². The van der Waals surface area contributed by atoms with Crippen molar-refractivity contribution >= 4 is 50.5 Å². The van der Waals surface area contributed by atoms with Crippen molar-refractivity contribution in [2.24, 2.45) is 0 Å². The molecular weight excluding hydrogens is 410 g/mol. The lowest BCUT2D eigenvalue weighted by Gasteiger charge is -2.11. The number of carbonyl (C=O) groups excluding carboxylic acids is 1. The summed E-state index contributed by atoms with van der Waals surface area (Å²) in [6.45, 7) is 0. The molecule has 6 heteroatoms. The first-order valence-electron chi connectivity index (χ1n) is 7.86. The fourth-order valence-electron chi connectivity index (χ4n) is 2.41. The fourth-order valence-corrected chi connectivity index (χ4v) is 3.10. The molecule has 26 heavy (non-hydrogen) atoms. The third-order valence-corrected chi connectivity index (χ3v) is 4.58. The Morgan fingerprint density at radius 3 is 2.23 bits per heavy atom. The third-order valence-electron chi connectivity index (χ3n) is 3.72. The van der Waals surface area contributed by atoms with Crippen LogP contribution < -0.4 is 16.4 Å². The van der Waals surface area contributed by atoms with Gasteiger partial charge >= 0.3 is 0 Å². The molecule has 0 aliphatic carbocycles. The van der Waals surface area contributed by atoms with Crippen molar-refractivity contribution in [2.45, 2.75) is 0 Å². The second-order valence-electron chi connectivity index (χ2n) is 5.59. The second kappa shape index (κ2) is 8.12. The molecule has 1 amide bonds. The molecule has 0 atom stereocenters. The van der Waals surface area contributed by atoms with Gasteiger partial charge in [0.25, 0.3) is 5.91 Å². The maximum atomic E-state index is 12.4. The zero-order valence-corrected chi connectivity index (χ0v) is 16.1. The van der Waals surface area contributed by atoms with Crippen LogP contribution in [0.25, 0.3) is 11.1 Å². The predicted molar refractivity (Wildman–Crippen MR) is 114 cm³/mol. The van der Waals surface area contributed by atoms with E-state index in [0.29, 0.717) is 11.3 Å². The van der Waals surface area contributed by atoms with Gasteiger partial charge in [0.2, 0.25) is 0 Å². The standard InChI is InChI=1S/C20H16BrN3OS/c21-17-12-16(22)10-11-18(17)23-20(26)24-19(25)15-8-6-14(7-9-15)13-4-2-1-3-5-13/h1-12H,22H2,(H2,23,24,25,26). The number of nitrogens with two attached hydrogens (primary N) is 1. The van der Waals surface area contributed by atoms with Crippen LogP contribution in [-0.2, 0) is 0 Å². The van der Waals surface area contributed by atoms with E-state index in [1.165, 1.54) is 0 Å². The highest BCUT2D eigenvalue weighted by Gasteiger charge is 2.09. The summed E-state index contributed by atoms with van der Waals surface area (Å²) in [6, 6.07) is 22.7. The van der Waals surface area contributed by atoms with Gasteiger partial charge in [-0.3, -0.25) is 10.1 Å². The van der Waals surface area contributed by atoms with Crippen LogP contribution in [0.4, 0.5) is 11.4 Å². The van der Waals surface area contributed by atoms with Crippen molar-refractivity contribution < 1.29 is 4.79 Å². The number of thiocarbonyl (C=S) groups is 1. The van der Waals surface area contributed by atoms with Crippen LogP contribution in [0.1, 0.15) is 10.4 Å². The first kappa shape index (κ1) is 18.1. The number of hydrogen-bond acceptors (Lipinski definition) is 3. The van der Waals surface area contributed by atoms with Crippen LogP contribution in [0.5, 0.6) is 0 Å². The minimum atomic E-state index is -0.270. The average molecular weight is 426 g/mol. The number of hydrogen-bond donors (Lipinski definition) is 3. The van der Waals surface area contributed by atoms with E-state index in [1.807, 2.05) is 42.5 Å². The number of anilines is 2. The summed E-state index contributed by atoms with van der Waals surface area (Å²) in [6.07, 6.45) is 0. The zero-order chi connectivity index (χ0) is 18.5. The predicted octanol–water partition coefficient (Wildman–Crippen LogP) is 4.83. The normalized spacial score (nSPS) is 10.2. The molecule has 0 fully saturated rings. The lowest BCUT2D eigenvalue weighted by Crippen LogP contribution is -2.34. The molecule has 3 aromatic carbocycles. The van der Waals surface area contributed by atoms with Gasteiger partial charge in [-0.05, 0) is 69.6 Å². The molecule has 130 valence electrons. The third kappa shape index (κ3) is 4.47. The van der Waals surface area contributed by atoms with E-state index in [-0.39, 0.29) is 11.0 Å². The van der Waals surface area contributed by atoms with Crippen LogP contribution in [0.2, 0.25) is 0 Å². The van der Waals surface area contributed by atoms with E-state index in [2.05, 4.69) is 26.6 Å². The average Bonchev–Trinajstić information content (AvgIpc) is 2.65. The Morgan fingerprint density at radius 1 is 0.923 bits per heavy atom. The lowest BCUT2D eigenvalue weighted by atomic mass is 10.0. The van der Waals surface area contributed by atoms with Gasteiger partial charge in [-0.2, -0.15) is 0 Å². The molecule has 0 aliphatic rings. The summed E-state index contributed by atoms with van der Waals surface area (Å²) in [5.74, 6) is -0.270. The summed E-state index contributed by atoms with van der Waals surface area (Å²) in [7, 11) is 0. The van der Waals surface area contributed by atoms with Gasteiger partial charge in [0.1, 0.15) is 0 Å². The largest absolute Gasteiger partial charge is 0.399 e. The van der Waals surface area contributed by atoms with Crippen molar-refractivity contribution in [3.63, 3.8) is 0 Å². The van der Waals surface area contributed by atoms with Crippen LogP contribution in [0.15, 0.2) is 77.3 Å². The van der Waals surface area contributed by atoms with E-state index in [9.17, 15) is 4.79 Å². The SMILES string of the molecule is Nc1ccc(NC(=S)NC(=O)c2ccc(-c3ccccc3)cc2)c(Br)c1. The molecule has 0 unspecified atom stereocenters. The fraction of sp³-hybridized carbons (Fsp3) is 0. The Bertz CT molecular complexity index is 943. The molecule has 0 saturated heterocycles. The quantitative estimate of drug-likeness (QED) is 0.415. The highest BCUT2D eigenvalue weighted by atomic mass is 79.9. The van der Waals surface area contributed by atoms with Gasteiger partial charge in [0.05, 0.1) is 5.69 Å². The van der Waals surface area contributed by atoms with E-state index in [1.54, 1.807) is 30.3 Å².